The van der Waals surface area contributed by atoms with Crippen LogP contribution in [0, 0.1) is 11.8 Å². The molecule has 1 rings (SSSR count). The number of allylic oxidation sites excluding steroid dienone is 1. The fourth-order valence-electron chi connectivity index (χ4n) is 1.46. The molecule has 0 heterocycles. The molecule has 86 valence electrons. The van der Waals surface area contributed by atoms with Gasteiger partial charge in [-0.2, -0.15) is 0 Å². The molecular formula is C14H18O2. The molecule has 0 N–H and O–H groups in total. The zero-order valence-electron chi connectivity index (χ0n) is 10.1. The van der Waals surface area contributed by atoms with Crippen molar-refractivity contribution in [2.24, 2.45) is 11.8 Å². The number of ketones is 1. The zero-order chi connectivity index (χ0) is 12.1. The van der Waals surface area contributed by atoms with Gasteiger partial charge in [-0.3, -0.25) is 4.79 Å². The van der Waals surface area contributed by atoms with Crippen LogP contribution in [0.2, 0.25) is 0 Å². The van der Waals surface area contributed by atoms with Gasteiger partial charge in [-0.25, -0.2) is 0 Å². The Morgan fingerprint density at radius 2 is 1.88 bits per heavy atom. The summed E-state index contributed by atoms with van der Waals surface area (Å²) < 4.78 is 5.05. The van der Waals surface area contributed by atoms with Gasteiger partial charge >= 0.3 is 0 Å². The van der Waals surface area contributed by atoms with E-state index in [1.807, 2.05) is 19.9 Å². The highest BCUT2D eigenvalue weighted by Gasteiger charge is 2.19. The van der Waals surface area contributed by atoms with E-state index in [0.29, 0.717) is 0 Å². The number of ether oxygens (including phenoxy) is 1. The summed E-state index contributed by atoms with van der Waals surface area (Å²) in [5, 5.41) is 0. The summed E-state index contributed by atoms with van der Waals surface area (Å²) >= 11 is 0. The van der Waals surface area contributed by atoms with Gasteiger partial charge in [0.15, 0.2) is 5.78 Å². The Labute approximate surface area is 96.9 Å². The van der Waals surface area contributed by atoms with Crippen LogP contribution in [0.25, 0.3) is 0 Å². The Morgan fingerprint density at radius 3 is 2.31 bits per heavy atom. The third-order valence-corrected chi connectivity index (χ3v) is 2.95. The summed E-state index contributed by atoms with van der Waals surface area (Å²) in [7, 11) is 1.61. The van der Waals surface area contributed by atoms with Gasteiger partial charge in [-0.1, -0.05) is 19.9 Å². The standard InChI is InChI=1S/C14H18O2/c1-5-10(2)11(3)14(15)12-6-8-13(16-4)9-7-12/h5-11H,1H2,2-4H3/t10-,11+/m1/s1. The Kier molecular flexibility index (Phi) is 4.29. The van der Waals surface area contributed by atoms with E-state index in [9.17, 15) is 4.79 Å². The normalized spacial score (nSPS) is 13.9. The van der Waals surface area contributed by atoms with Crippen molar-refractivity contribution in [3.63, 3.8) is 0 Å². The van der Waals surface area contributed by atoms with Crippen LogP contribution in [0.1, 0.15) is 24.2 Å². The number of hydrogen-bond donors (Lipinski definition) is 0. The van der Waals surface area contributed by atoms with Crippen LogP contribution < -0.4 is 4.74 Å². The summed E-state index contributed by atoms with van der Waals surface area (Å²) in [6, 6.07) is 7.21. The number of methoxy groups -OCH3 is 1. The van der Waals surface area contributed by atoms with Crippen molar-refractivity contribution < 1.29 is 9.53 Å². The van der Waals surface area contributed by atoms with E-state index in [-0.39, 0.29) is 17.6 Å². The molecule has 0 radical (unpaired) electrons. The molecule has 0 aliphatic rings. The molecule has 2 nitrogen and oxygen atoms in total. The number of hydrogen-bond acceptors (Lipinski definition) is 2. The zero-order valence-corrected chi connectivity index (χ0v) is 10.1. The first-order valence-corrected chi connectivity index (χ1v) is 5.41. The first-order valence-electron chi connectivity index (χ1n) is 5.41. The molecule has 0 saturated carbocycles. The Balaban J connectivity index is 2.83. The van der Waals surface area contributed by atoms with Gasteiger partial charge in [-0.15, -0.1) is 6.58 Å². The van der Waals surface area contributed by atoms with Crippen molar-refractivity contribution in [1.29, 1.82) is 0 Å². The second-order valence-electron chi connectivity index (χ2n) is 3.98. The molecule has 0 fully saturated rings. The lowest BCUT2D eigenvalue weighted by atomic mass is 9.88. The van der Waals surface area contributed by atoms with Crippen LogP contribution in [0.3, 0.4) is 0 Å². The van der Waals surface area contributed by atoms with Crippen molar-refractivity contribution in [2.45, 2.75) is 13.8 Å². The van der Waals surface area contributed by atoms with Crippen LogP contribution in [0.5, 0.6) is 5.75 Å². The van der Waals surface area contributed by atoms with Gasteiger partial charge in [0, 0.05) is 11.5 Å². The molecule has 1 aromatic carbocycles. The molecule has 0 amide bonds. The van der Waals surface area contributed by atoms with E-state index >= 15 is 0 Å². The molecule has 0 unspecified atom stereocenters. The topological polar surface area (TPSA) is 26.3 Å². The quantitative estimate of drug-likeness (QED) is 0.559. The smallest absolute Gasteiger partial charge is 0.166 e. The van der Waals surface area contributed by atoms with Crippen molar-refractivity contribution in [1.82, 2.24) is 0 Å². The van der Waals surface area contributed by atoms with Gasteiger partial charge in [0.05, 0.1) is 7.11 Å². The van der Waals surface area contributed by atoms with Crippen LogP contribution in [0.4, 0.5) is 0 Å². The Morgan fingerprint density at radius 1 is 1.31 bits per heavy atom. The van der Waals surface area contributed by atoms with Crippen LogP contribution in [0.15, 0.2) is 36.9 Å². The summed E-state index contributed by atoms with van der Waals surface area (Å²) in [6.07, 6.45) is 1.81. The molecule has 0 bridgehead atoms. The first-order chi connectivity index (χ1) is 7.60. The maximum atomic E-state index is 12.1. The predicted molar refractivity (Wildman–Crippen MR) is 65.8 cm³/mol. The molecule has 0 aliphatic carbocycles. The number of carbonyl (C=O) groups is 1. The fraction of sp³-hybridized carbons (Fsp3) is 0.357. The van der Waals surface area contributed by atoms with Gasteiger partial charge in [0.2, 0.25) is 0 Å². The molecule has 1 aromatic rings. The van der Waals surface area contributed by atoms with Crippen molar-refractivity contribution in [2.75, 3.05) is 7.11 Å². The average molecular weight is 218 g/mol. The fourth-order valence-corrected chi connectivity index (χ4v) is 1.46. The summed E-state index contributed by atoms with van der Waals surface area (Å²) in [4.78, 5) is 12.1. The van der Waals surface area contributed by atoms with Gasteiger partial charge in [-0.05, 0) is 30.2 Å². The van der Waals surface area contributed by atoms with Crippen molar-refractivity contribution in [3.05, 3.63) is 42.5 Å². The van der Waals surface area contributed by atoms with Crippen molar-refractivity contribution >= 4 is 5.78 Å². The lowest BCUT2D eigenvalue weighted by Crippen LogP contribution is -2.17. The van der Waals surface area contributed by atoms with Gasteiger partial charge < -0.3 is 4.74 Å². The van der Waals surface area contributed by atoms with Crippen LogP contribution in [-0.2, 0) is 0 Å². The monoisotopic (exact) mass is 218 g/mol. The van der Waals surface area contributed by atoms with E-state index in [0.717, 1.165) is 11.3 Å². The highest BCUT2D eigenvalue weighted by molar-refractivity contribution is 5.98. The highest BCUT2D eigenvalue weighted by Crippen LogP contribution is 2.19. The average Bonchev–Trinajstić information content (AvgIpc) is 2.36. The molecule has 0 aliphatic heterocycles. The second-order valence-corrected chi connectivity index (χ2v) is 3.98. The van der Waals surface area contributed by atoms with Gasteiger partial charge in [0.1, 0.15) is 5.75 Å². The number of benzene rings is 1. The molecule has 2 heteroatoms. The Bertz CT molecular complexity index is 365. The molecule has 0 saturated heterocycles. The van der Waals surface area contributed by atoms with E-state index in [1.54, 1.807) is 31.4 Å². The maximum Gasteiger partial charge on any atom is 0.166 e. The van der Waals surface area contributed by atoms with E-state index < -0.39 is 0 Å². The largest absolute Gasteiger partial charge is 0.497 e. The summed E-state index contributed by atoms with van der Waals surface area (Å²) in [5.74, 6) is 1.07. The van der Waals surface area contributed by atoms with Gasteiger partial charge in [0.25, 0.3) is 0 Å². The summed E-state index contributed by atoms with van der Waals surface area (Å²) in [6.45, 7) is 7.64. The third-order valence-electron chi connectivity index (χ3n) is 2.95. The predicted octanol–water partition coefficient (Wildman–Crippen LogP) is 3.34. The lowest BCUT2D eigenvalue weighted by molar-refractivity contribution is 0.0908. The van der Waals surface area contributed by atoms with Crippen LogP contribution in [-0.4, -0.2) is 12.9 Å². The maximum absolute atomic E-state index is 12.1. The highest BCUT2D eigenvalue weighted by atomic mass is 16.5. The minimum absolute atomic E-state index is 0.0362. The van der Waals surface area contributed by atoms with E-state index in [4.69, 9.17) is 4.74 Å². The van der Waals surface area contributed by atoms with E-state index in [2.05, 4.69) is 6.58 Å². The summed E-state index contributed by atoms with van der Waals surface area (Å²) in [5.41, 5.74) is 0.724. The first kappa shape index (κ1) is 12.5. The number of Topliss-reactive ketones (excluding diaryl/α,β-unsaturated/α-hetero) is 1. The Hall–Kier alpha value is -1.57. The number of rotatable bonds is 5. The number of carbonyl (C=O) groups excluding carboxylic acids is 1. The van der Waals surface area contributed by atoms with Crippen molar-refractivity contribution in [3.8, 4) is 5.75 Å². The lowest BCUT2D eigenvalue weighted by Gasteiger charge is -2.15. The molecule has 0 spiro atoms. The molecule has 16 heavy (non-hydrogen) atoms. The molecule has 2 atom stereocenters. The SMILES string of the molecule is C=C[C@@H](C)[C@H](C)C(=O)c1ccc(OC)cc1. The molecular weight excluding hydrogens is 200 g/mol. The van der Waals surface area contributed by atoms with E-state index in [1.165, 1.54) is 0 Å². The minimum Gasteiger partial charge on any atom is -0.497 e. The second kappa shape index (κ2) is 5.50. The molecule has 0 aromatic heterocycles. The van der Waals surface area contributed by atoms with Crippen LogP contribution >= 0.6 is 0 Å². The third kappa shape index (κ3) is 2.72. The minimum atomic E-state index is -0.0362.